The van der Waals surface area contributed by atoms with E-state index in [9.17, 15) is 25.1 Å². The van der Waals surface area contributed by atoms with Crippen molar-refractivity contribution in [2.45, 2.75) is 6.92 Å². The lowest BCUT2D eigenvalue weighted by molar-refractivity contribution is -0.385. The Morgan fingerprint density at radius 2 is 2.19 bits per heavy atom. The van der Waals surface area contributed by atoms with Crippen LogP contribution in [-0.2, 0) is 9.53 Å². The maximum Gasteiger partial charge on any atom is 0.352 e. The molecule has 0 heterocycles. The minimum atomic E-state index is -1.08. The number of phenolic OH excluding ortho intramolecular Hbond substituents is 1. The molecule has 1 aromatic rings. The van der Waals surface area contributed by atoms with Crippen LogP contribution in [-0.4, -0.2) is 27.7 Å². The predicted octanol–water partition coefficient (Wildman–Crippen LogP) is 2.31. The van der Waals surface area contributed by atoms with Crippen LogP contribution >= 0.6 is 11.6 Å². The van der Waals surface area contributed by atoms with Crippen molar-refractivity contribution in [2.75, 3.05) is 6.61 Å². The zero-order chi connectivity index (χ0) is 16.2. The molecule has 0 saturated carbocycles. The minimum absolute atomic E-state index is 0.0201. The minimum Gasteiger partial charge on any atom is -0.506 e. The molecule has 110 valence electrons. The number of aromatic hydroxyl groups is 1. The second-order valence-electron chi connectivity index (χ2n) is 3.64. The molecule has 2 N–H and O–H groups in total. The summed E-state index contributed by atoms with van der Waals surface area (Å²) in [6, 6.07) is 3.21. The number of ether oxygens (including phenoxy) is 1. The van der Waals surface area contributed by atoms with Gasteiger partial charge in [-0.25, -0.2) is 4.79 Å². The summed E-state index contributed by atoms with van der Waals surface area (Å²) in [5.74, 6) is -2.70. The number of nitriles is 1. The van der Waals surface area contributed by atoms with E-state index in [2.05, 4.69) is 4.74 Å². The highest BCUT2D eigenvalue weighted by Gasteiger charge is 2.23. The Bertz CT molecular complexity index is 677. The van der Waals surface area contributed by atoms with Crippen LogP contribution in [0, 0.1) is 21.4 Å². The molecule has 21 heavy (non-hydrogen) atoms. The summed E-state index contributed by atoms with van der Waals surface area (Å²) in [6.45, 7) is 1.49. The van der Waals surface area contributed by atoms with E-state index in [4.69, 9.17) is 16.9 Å². The van der Waals surface area contributed by atoms with E-state index in [1.807, 2.05) is 0 Å². The van der Waals surface area contributed by atoms with Crippen LogP contribution in [0.25, 0.3) is 5.76 Å². The maximum absolute atomic E-state index is 11.5. The van der Waals surface area contributed by atoms with Crippen molar-refractivity contribution in [3.05, 3.63) is 38.4 Å². The fourth-order valence-corrected chi connectivity index (χ4v) is 1.62. The molecule has 8 nitrogen and oxygen atoms in total. The van der Waals surface area contributed by atoms with E-state index in [0.29, 0.717) is 0 Å². The van der Waals surface area contributed by atoms with Crippen molar-refractivity contribution in [1.29, 1.82) is 5.26 Å². The van der Waals surface area contributed by atoms with Gasteiger partial charge >= 0.3 is 11.7 Å². The number of aliphatic hydroxyl groups is 1. The third-order valence-corrected chi connectivity index (χ3v) is 2.63. The number of nitrogens with zero attached hydrogens (tertiary/aromatic N) is 2. The number of nitro groups is 1. The van der Waals surface area contributed by atoms with E-state index in [1.54, 1.807) is 0 Å². The molecule has 0 radical (unpaired) electrons. The highest BCUT2D eigenvalue weighted by Crippen LogP contribution is 2.36. The Labute approximate surface area is 123 Å². The number of nitro benzene ring substituents is 1. The topological polar surface area (TPSA) is 134 Å². The number of esters is 1. The molecular weight excluding hydrogens is 304 g/mol. The van der Waals surface area contributed by atoms with Crippen LogP contribution in [0.5, 0.6) is 5.75 Å². The normalized spacial score (nSPS) is 11.3. The summed E-state index contributed by atoms with van der Waals surface area (Å²) >= 11 is 5.61. The number of rotatable bonds is 4. The average molecular weight is 313 g/mol. The molecule has 0 atom stereocenters. The lowest BCUT2D eigenvalue weighted by atomic mass is 10.1. The van der Waals surface area contributed by atoms with Crippen molar-refractivity contribution < 1.29 is 24.7 Å². The highest BCUT2D eigenvalue weighted by molar-refractivity contribution is 6.32. The van der Waals surface area contributed by atoms with Crippen molar-refractivity contribution >= 4 is 29.0 Å². The van der Waals surface area contributed by atoms with E-state index < -0.39 is 38.7 Å². The van der Waals surface area contributed by atoms with Gasteiger partial charge in [0.1, 0.15) is 11.8 Å². The Morgan fingerprint density at radius 1 is 1.57 bits per heavy atom. The van der Waals surface area contributed by atoms with Gasteiger partial charge in [-0.2, -0.15) is 5.26 Å². The van der Waals surface area contributed by atoms with Crippen molar-refractivity contribution in [3.63, 3.8) is 0 Å². The van der Waals surface area contributed by atoms with Crippen LogP contribution in [0.15, 0.2) is 17.7 Å². The molecule has 0 aliphatic heterocycles. The van der Waals surface area contributed by atoms with Crippen molar-refractivity contribution in [3.8, 4) is 11.8 Å². The fourth-order valence-electron chi connectivity index (χ4n) is 1.40. The summed E-state index contributed by atoms with van der Waals surface area (Å²) in [5, 5.41) is 38.5. The number of carbonyl (C=O) groups excluding carboxylic acids is 1. The van der Waals surface area contributed by atoms with E-state index >= 15 is 0 Å². The first kappa shape index (κ1) is 16.3. The lowest BCUT2D eigenvalue weighted by Crippen LogP contribution is -2.09. The molecular formula is C12H9ClN2O6. The molecule has 0 aliphatic rings. The summed E-state index contributed by atoms with van der Waals surface area (Å²) in [6.07, 6.45) is 0. The molecule has 0 saturated heterocycles. The molecule has 0 aromatic heterocycles. The zero-order valence-corrected chi connectivity index (χ0v) is 11.4. The van der Waals surface area contributed by atoms with Crippen LogP contribution in [0.3, 0.4) is 0 Å². The third-order valence-electron chi connectivity index (χ3n) is 2.34. The second-order valence-corrected chi connectivity index (χ2v) is 4.05. The molecule has 0 bridgehead atoms. The molecule has 0 unspecified atom stereocenters. The quantitative estimate of drug-likeness (QED) is 0.217. The van der Waals surface area contributed by atoms with Gasteiger partial charge in [0.25, 0.3) is 0 Å². The number of hydrogen-bond acceptors (Lipinski definition) is 7. The van der Waals surface area contributed by atoms with Gasteiger partial charge in [-0.05, 0) is 13.0 Å². The van der Waals surface area contributed by atoms with Gasteiger partial charge in [0.2, 0.25) is 5.75 Å². The van der Waals surface area contributed by atoms with Crippen LogP contribution in [0.1, 0.15) is 12.5 Å². The first-order valence-electron chi connectivity index (χ1n) is 5.51. The Morgan fingerprint density at radius 3 is 2.67 bits per heavy atom. The van der Waals surface area contributed by atoms with Gasteiger partial charge in [-0.1, -0.05) is 11.6 Å². The molecule has 9 heteroatoms. The first-order chi connectivity index (χ1) is 9.83. The zero-order valence-electron chi connectivity index (χ0n) is 10.7. The highest BCUT2D eigenvalue weighted by atomic mass is 35.5. The van der Waals surface area contributed by atoms with Gasteiger partial charge in [0.15, 0.2) is 5.57 Å². The van der Waals surface area contributed by atoms with Gasteiger partial charge in [0.05, 0.1) is 16.6 Å². The second kappa shape index (κ2) is 6.58. The SMILES string of the molecule is CCOC(=O)/C(C#N)=C(\O)c1cc(Cl)c(O)c([N+](=O)[O-])c1. The Hall–Kier alpha value is -2.79. The number of carbonyl (C=O) groups is 1. The number of halogens is 1. The van der Waals surface area contributed by atoms with Gasteiger partial charge in [-0.15, -0.1) is 0 Å². The largest absolute Gasteiger partial charge is 0.506 e. The Balaban J connectivity index is 3.49. The van der Waals surface area contributed by atoms with Crippen LogP contribution in [0.2, 0.25) is 5.02 Å². The number of hydrogen-bond donors (Lipinski definition) is 2. The Kier molecular flexibility index (Phi) is 5.10. The van der Waals surface area contributed by atoms with Crippen LogP contribution in [0.4, 0.5) is 5.69 Å². The van der Waals surface area contributed by atoms with Crippen molar-refractivity contribution in [2.24, 2.45) is 0 Å². The molecule has 1 rings (SSSR count). The maximum atomic E-state index is 11.5. The molecule has 0 amide bonds. The summed E-state index contributed by atoms with van der Waals surface area (Å²) in [5.41, 5.74) is -1.77. The van der Waals surface area contributed by atoms with E-state index in [0.717, 1.165) is 12.1 Å². The van der Waals surface area contributed by atoms with Gasteiger partial charge in [-0.3, -0.25) is 10.1 Å². The third kappa shape index (κ3) is 3.40. The molecule has 0 fully saturated rings. The lowest BCUT2D eigenvalue weighted by Gasteiger charge is -2.06. The van der Waals surface area contributed by atoms with E-state index in [-0.39, 0.29) is 12.2 Å². The molecule has 0 spiro atoms. The molecule has 0 aliphatic carbocycles. The summed E-state index contributed by atoms with van der Waals surface area (Å²) in [4.78, 5) is 21.3. The number of benzene rings is 1. The number of aliphatic hydroxyl groups excluding tert-OH is 1. The summed E-state index contributed by atoms with van der Waals surface area (Å²) in [7, 11) is 0. The number of phenols is 1. The predicted molar refractivity (Wildman–Crippen MR) is 71.6 cm³/mol. The monoisotopic (exact) mass is 312 g/mol. The van der Waals surface area contributed by atoms with Crippen LogP contribution < -0.4 is 0 Å². The van der Waals surface area contributed by atoms with Crippen molar-refractivity contribution in [1.82, 2.24) is 0 Å². The fraction of sp³-hybridized carbons (Fsp3) is 0.167. The van der Waals surface area contributed by atoms with E-state index in [1.165, 1.54) is 13.0 Å². The first-order valence-corrected chi connectivity index (χ1v) is 5.89. The summed E-state index contributed by atoms with van der Waals surface area (Å²) < 4.78 is 4.57. The van der Waals surface area contributed by atoms with Gasteiger partial charge < -0.3 is 14.9 Å². The average Bonchev–Trinajstić information content (AvgIpc) is 2.42. The smallest absolute Gasteiger partial charge is 0.352 e. The standard InChI is InChI=1S/C12H9ClN2O6/c1-2-21-12(18)7(5-14)10(16)6-3-8(13)11(17)9(4-6)15(19)20/h3-4,16-17H,2H2,1H3/b10-7-. The molecule has 1 aromatic carbocycles. The van der Waals surface area contributed by atoms with Gasteiger partial charge in [0, 0.05) is 11.6 Å².